The number of carbonyl (C=O) groups excluding carboxylic acids is 1. The zero-order valence-corrected chi connectivity index (χ0v) is 11.7. The number of amides is 1. The minimum atomic E-state index is -0.0694. The fraction of sp³-hybridized carbons (Fsp3) is 0.571. The second kappa shape index (κ2) is 6.02. The molecule has 0 aliphatic carbocycles. The van der Waals surface area contributed by atoms with Crippen LogP contribution in [-0.2, 0) is 11.8 Å². The lowest BCUT2D eigenvalue weighted by Gasteiger charge is -2.19. The number of carbonyl (C=O) groups is 1. The largest absolute Gasteiger partial charge is 0.308 e. The summed E-state index contributed by atoms with van der Waals surface area (Å²) in [6.07, 6.45) is 8.37. The maximum Gasteiger partial charge on any atom is 0.244 e. The second-order valence-corrected chi connectivity index (χ2v) is 5.14. The van der Waals surface area contributed by atoms with Gasteiger partial charge in [0.15, 0.2) is 0 Å². The molecule has 0 aromatic carbocycles. The van der Waals surface area contributed by atoms with Crippen LogP contribution in [-0.4, -0.2) is 34.3 Å². The molecule has 1 fully saturated rings. The number of allylic oxidation sites excluding steroid dienone is 1. The molecule has 0 bridgehead atoms. The van der Waals surface area contributed by atoms with Gasteiger partial charge >= 0.3 is 0 Å². The van der Waals surface area contributed by atoms with Crippen molar-refractivity contribution in [2.24, 2.45) is 7.05 Å². The molecule has 2 atom stereocenters. The highest BCUT2D eigenvalue weighted by Crippen LogP contribution is 2.21. The van der Waals surface area contributed by atoms with Crippen molar-refractivity contribution in [3.05, 3.63) is 25.0 Å². The lowest BCUT2D eigenvalue weighted by molar-refractivity contribution is -0.119. The van der Waals surface area contributed by atoms with E-state index in [1.165, 1.54) is 0 Å². The highest BCUT2D eigenvalue weighted by molar-refractivity contribution is 5.99. The van der Waals surface area contributed by atoms with Crippen LogP contribution < -0.4 is 10.2 Å². The quantitative estimate of drug-likeness (QED) is 0.790. The molecule has 0 radical (unpaired) electrons. The van der Waals surface area contributed by atoms with Crippen molar-refractivity contribution in [2.75, 3.05) is 11.4 Å². The van der Waals surface area contributed by atoms with Crippen molar-refractivity contribution < 1.29 is 4.79 Å². The Labute approximate surface area is 114 Å². The summed E-state index contributed by atoms with van der Waals surface area (Å²) in [5, 5.41) is 7.52. The standard InChI is InChI=1S/C14H22N4O/c1-4-5-6-11(2)16-13-7-8-18(14(13)19)12-9-15-17(3)10-12/h4,9-11,13,16H,1,5-8H2,2-3H3/t11-,13+/m0/s1. The highest BCUT2D eigenvalue weighted by atomic mass is 16.2. The number of aryl methyl sites for hydroxylation is 1. The first-order valence-electron chi connectivity index (χ1n) is 6.78. The molecule has 1 aliphatic heterocycles. The SMILES string of the molecule is C=CCC[C@H](C)N[C@@H]1CCN(c2cnn(C)c2)C1=O. The average Bonchev–Trinajstić information content (AvgIpc) is 2.95. The topological polar surface area (TPSA) is 50.2 Å². The summed E-state index contributed by atoms with van der Waals surface area (Å²) < 4.78 is 1.72. The van der Waals surface area contributed by atoms with Gasteiger partial charge in [0.05, 0.1) is 17.9 Å². The van der Waals surface area contributed by atoms with Gasteiger partial charge in [0.2, 0.25) is 5.91 Å². The van der Waals surface area contributed by atoms with Gasteiger partial charge in [-0.25, -0.2) is 0 Å². The number of hydrogen-bond acceptors (Lipinski definition) is 3. The van der Waals surface area contributed by atoms with Crippen molar-refractivity contribution in [2.45, 2.75) is 38.3 Å². The number of anilines is 1. The van der Waals surface area contributed by atoms with Gasteiger partial charge in [-0.1, -0.05) is 6.08 Å². The molecular weight excluding hydrogens is 240 g/mol. The Morgan fingerprint density at radius 3 is 3.11 bits per heavy atom. The van der Waals surface area contributed by atoms with Crippen molar-refractivity contribution >= 4 is 11.6 Å². The lowest BCUT2D eigenvalue weighted by atomic mass is 10.1. The average molecular weight is 262 g/mol. The second-order valence-electron chi connectivity index (χ2n) is 5.14. The van der Waals surface area contributed by atoms with Crippen LogP contribution in [0.15, 0.2) is 25.0 Å². The van der Waals surface area contributed by atoms with Gasteiger partial charge in [0.25, 0.3) is 0 Å². The summed E-state index contributed by atoms with van der Waals surface area (Å²) in [5.74, 6) is 0.151. The maximum atomic E-state index is 12.3. The molecule has 2 rings (SSSR count). The summed E-state index contributed by atoms with van der Waals surface area (Å²) in [4.78, 5) is 14.1. The van der Waals surface area contributed by atoms with Crippen LogP contribution in [0.2, 0.25) is 0 Å². The molecule has 1 saturated heterocycles. The van der Waals surface area contributed by atoms with Gasteiger partial charge < -0.3 is 10.2 Å². The fourth-order valence-electron chi connectivity index (χ4n) is 2.43. The van der Waals surface area contributed by atoms with Crippen molar-refractivity contribution in [3.63, 3.8) is 0 Å². The molecule has 0 spiro atoms. The van der Waals surface area contributed by atoms with Gasteiger partial charge in [-0.15, -0.1) is 6.58 Å². The molecule has 1 aromatic rings. The number of aromatic nitrogens is 2. The Morgan fingerprint density at radius 1 is 1.68 bits per heavy atom. The molecular formula is C14H22N4O. The molecule has 0 unspecified atom stereocenters. The molecule has 1 N–H and O–H groups in total. The van der Waals surface area contributed by atoms with Crippen LogP contribution in [0.3, 0.4) is 0 Å². The van der Waals surface area contributed by atoms with E-state index in [2.05, 4.69) is 23.9 Å². The summed E-state index contributed by atoms with van der Waals surface area (Å²) in [5.41, 5.74) is 0.885. The van der Waals surface area contributed by atoms with Gasteiger partial charge in [-0.3, -0.25) is 9.48 Å². The number of nitrogens with zero attached hydrogens (tertiary/aromatic N) is 3. The van der Waals surface area contributed by atoms with E-state index >= 15 is 0 Å². The van der Waals surface area contributed by atoms with E-state index in [1.54, 1.807) is 10.9 Å². The highest BCUT2D eigenvalue weighted by Gasteiger charge is 2.33. The first kappa shape index (κ1) is 13.8. The fourth-order valence-corrected chi connectivity index (χ4v) is 2.43. The zero-order chi connectivity index (χ0) is 13.8. The Morgan fingerprint density at radius 2 is 2.47 bits per heavy atom. The minimum Gasteiger partial charge on any atom is -0.308 e. The number of rotatable bonds is 6. The first-order valence-corrected chi connectivity index (χ1v) is 6.78. The molecule has 5 nitrogen and oxygen atoms in total. The Hall–Kier alpha value is -1.62. The third-order valence-corrected chi connectivity index (χ3v) is 3.50. The van der Waals surface area contributed by atoms with E-state index in [4.69, 9.17) is 0 Å². The molecule has 104 valence electrons. The third-order valence-electron chi connectivity index (χ3n) is 3.50. The van der Waals surface area contributed by atoms with Gasteiger partial charge in [-0.05, 0) is 26.2 Å². The molecule has 0 saturated carbocycles. The van der Waals surface area contributed by atoms with Crippen molar-refractivity contribution in [3.8, 4) is 0 Å². The summed E-state index contributed by atoms with van der Waals surface area (Å²) >= 11 is 0. The molecule has 5 heteroatoms. The summed E-state index contributed by atoms with van der Waals surface area (Å²) in [6.45, 7) is 6.60. The van der Waals surface area contributed by atoms with Crippen LogP contribution in [0.1, 0.15) is 26.2 Å². The van der Waals surface area contributed by atoms with E-state index in [9.17, 15) is 4.79 Å². The van der Waals surface area contributed by atoms with Crippen molar-refractivity contribution in [1.29, 1.82) is 0 Å². The van der Waals surface area contributed by atoms with E-state index in [0.29, 0.717) is 6.04 Å². The smallest absolute Gasteiger partial charge is 0.244 e. The summed E-state index contributed by atoms with van der Waals surface area (Å²) in [6, 6.07) is 0.265. The Kier molecular flexibility index (Phi) is 4.37. The zero-order valence-electron chi connectivity index (χ0n) is 11.7. The first-order chi connectivity index (χ1) is 9.11. The minimum absolute atomic E-state index is 0.0694. The maximum absolute atomic E-state index is 12.3. The molecule has 1 aromatic heterocycles. The Bertz CT molecular complexity index is 454. The van der Waals surface area contributed by atoms with Gasteiger partial charge in [-0.2, -0.15) is 5.10 Å². The van der Waals surface area contributed by atoms with Crippen LogP contribution >= 0.6 is 0 Å². The van der Waals surface area contributed by atoms with Gasteiger partial charge in [0, 0.05) is 25.8 Å². The predicted octanol–water partition coefficient (Wildman–Crippen LogP) is 1.47. The molecule has 1 aliphatic rings. The number of nitrogens with one attached hydrogen (secondary N) is 1. The van der Waals surface area contributed by atoms with Crippen LogP contribution in [0, 0.1) is 0 Å². The van der Waals surface area contributed by atoms with E-state index in [0.717, 1.165) is 31.5 Å². The summed E-state index contributed by atoms with van der Waals surface area (Å²) in [7, 11) is 1.86. The van der Waals surface area contributed by atoms with Crippen molar-refractivity contribution in [1.82, 2.24) is 15.1 Å². The molecule has 19 heavy (non-hydrogen) atoms. The van der Waals surface area contributed by atoms with E-state index in [1.807, 2.05) is 24.2 Å². The van der Waals surface area contributed by atoms with Crippen LogP contribution in [0.25, 0.3) is 0 Å². The predicted molar refractivity (Wildman–Crippen MR) is 76.0 cm³/mol. The molecule has 1 amide bonds. The van der Waals surface area contributed by atoms with Gasteiger partial charge in [0.1, 0.15) is 0 Å². The van der Waals surface area contributed by atoms with E-state index in [-0.39, 0.29) is 11.9 Å². The Balaban J connectivity index is 1.92. The van der Waals surface area contributed by atoms with Crippen LogP contribution in [0.5, 0.6) is 0 Å². The third kappa shape index (κ3) is 3.23. The number of hydrogen-bond donors (Lipinski definition) is 1. The normalized spacial score (nSPS) is 20.8. The molecule has 2 heterocycles. The van der Waals surface area contributed by atoms with E-state index < -0.39 is 0 Å². The lowest BCUT2D eigenvalue weighted by Crippen LogP contribution is -2.42. The van der Waals surface area contributed by atoms with Crippen LogP contribution in [0.4, 0.5) is 5.69 Å². The monoisotopic (exact) mass is 262 g/mol.